The zero-order chi connectivity index (χ0) is 23.7. The van der Waals surface area contributed by atoms with Crippen LogP contribution in [0.1, 0.15) is 73.5 Å². The van der Waals surface area contributed by atoms with Gasteiger partial charge in [-0.3, -0.25) is 4.79 Å². The first-order chi connectivity index (χ1) is 15.8. The molecule has 1 aromatic carbocycles. The molecule has 4 rings (SSSR count). The van der Waals surface area contributed by atoms with E-state index in [2.05, 4.69) is 5.32 Å². The number of furan rings is 1. The van der Waals surface area contributed by atoms with E-state index in [-0.39, 0.29) is 12.8 Å². The van der Waals surface area contributed by atoms with Gasteiger partial charge in [-0.2, -0.15) is 0 Å². The second-order valence-electron chi connectivity index (χ2n) is 9.04. The Bertz CT molecular complexity index is 1280. The Morgan fingerprint density at radius 1 is 1.09 bits per heavy atom. The maximum atomic E-state index is 12.8. The smallest absolute Gasteiger partial charge is 0.339 e. The van der Waals surface area contributed by atoms with Crippen LogP contribution in [0.25, 0.3) is 21.9 Å². The van der Waals surface area contributed by atoms with Crippen LogP contribution in [-0.2, 0) is 28.9 Å². The molecule has 0 radical (unpaired) electrons. The number of hydrogen-bond acceptors (Lipinski definition) is 6. The van der Waals surface area contributed by atoms with Crippen molar-refractivity contribution >= 4 is 33.8 Å². The van der Waals surface area contributed by atoms with Gasteiger partial charge in [0.1, 0.15) is 16.9 Å². The fourth-order valence-electron chi connectivity index (χ4n) is 4.87. The topological polar surface area (TPSA) is 113 Å². The highest BCUT2D eigenvalue weighted by Gasteiger charge is 2.23. The maximum absolute atomic E-state index is 12.8. The van der Waals surface area contributed by atoms with E-state index in [1.54, 1.807) is 0 Å². The number of aryl methyl sites for hydroxylation is 4. The highest BCUT2D eigenvalue weighted by atomic mass is 16.4. The van der Waals surface area contributed by atoms with Crippen LogP contribution in [0, 0.1) is 13.8 Å². The molecule has 2 aromatic heterocycles. The van der Waals surface area contributed by atoms with Crippen LogP contribution in [0.5, 0.6) is 0 Å². The Kier molecular flexibility index (Phi) is 6.58. The quantitative estimate of drug-likeness (QED) is 0.524. The van der Waals surface area contributed by atoms with Crippen LogP contribution in [0.3, 0.4) is 0 Å². The van der Waals surface area contributed by atoms with Gasteiger partial charge in [0.15, 0.2) is 0 Å². The lowest BCUT2D eigenvalue weighted by Crippen LogP contribution is -2.47. The van der Waals surface area contributed by atoms with Crippen molar-refractivity contribution in [1.29, 1.82) is 0 Å². The number of aliphatic carboxylic acids is 1. The molecule has 176 valence electrons. The highest BCUT2D eigenvalue weighted by molar-refractivity contribution is 6.00. The largest absolute Gasteiger partial charge is 0.548 e. The zero-order valence-electron chi connectivity index (χ0n) is 19.5. The monoisotopic (exact) mass is 452 g/mol. The lowest BCUT2D eigenvalue weighted by Gasteiger charge is -2.19. The number of carbonyl (C=O) groups excluding carboxylic acids is 2. The summed E-state index contributed by atoms with van der Waals surface area (Å²) in [5.74, 6) is -0.687. The summed E-state index contributed by atoms with van der Waals surface area (Å²) in [5, 5.41) is 15.7. The van der Waals surface area contributed by atoms with Gasteiger partial charge in [0, 0.05) is 40.3 Å². The minimum atomic E-state index is -1.29. The van der Waals surface area contributed by atoms with Gasteiger partial charge in [0.2, 0.25) is 5.91 Å². The first kappa shape index (κ1) is 23.1. The number of unbranched alkanes of at least 4 members (excludes halogenated alkanes) is 1. The van der Waals surface area contributed by atoms with E-state index >= 15 is 0 Å². The number of carbonyl (C=O) groups is 2. The third kappa shape index (κ3) is 4.41. The number of amides is 1. The predicted octanol–water partition coefficient (Wildman–Crippen LogP) is 3.39. The molecular formula is C26H30NO6-. The van der Waals surface area contributed by atoms with Crippen molar-refractivity contribution in [3.8, 4) is 0 Å². The Morgan fingerprint density at radius 2 is 1.82 bits per heavy atom. The molecule has 7 heteroatoms. The summed E-state index contributed by atoms with van der Waals surface area (Å²) in [7, 11) is 0. The molecule has 1 N–H and O–H groups in total. The molecule has 1 amide bonds. The Morgan fingerprint density at radius 3 is 2.55 bits per heavy atom. The van der Waals surface area contributed by atoms with Crippen molar-refractivity contribution in [3.05, 3.63) is 44.5 Å². The molecule has 33 heavy (non-hydrogen) atoms. The number of benzene rings is 1. The predicted molar refractivity (Wildman–Crippen MR) is 123 cm³/mol. The molecule has 2 heterocycles. The summed E-state index contributed by atoms with van der Waals surface area (Å²) in [6.07, 6.45) is 6.14. The molecule has 0 fully saturated rings. The average molecular weight is 453 g/mol. The number of nitrogens with one attached hydrogen (secondary N) is 1. The molecule has 3 aromatic rings. The van der Waals surface area contributed by atoms with E-state index in [4.69, 9.17) is 8.83 Å². The van der Waals surface area contributed by atoms with E-state index < -0.39 is 23.5 Å². The minimum absolute atomic E-state index is 0.00462. The number of carboxylic acids is 1. The van der Waals surface area contributed by atoms with Crippen LogP contribution >= 0.6 is 0 Å². The van der Waals surface area contributed by atoms with Gasteiger partial charge in [-0.05, 0) is 57.6 Å². The molecule has 0 saturated carbocycles. The minimum Gasteiger partial charge on any atom is -0.548 e. The Balaban J connectivity index is 1.63. The second kappa shape index (κ2) is 9.41. The summed E-state index contributed by atoms with van der Waals surface area (Å²) in [5.41, 5.74) is 4.10. The van der Waals surface area contributed by atoms with Gasteiger partial charge in [-0.25, -0.2) is 4.79 Å². The summed E-state index contributed by atoms with van der Waals surface area (Å²) in [4.78, 5) is 36.5. The van der Waals surface area contributed by atoms with Gasteiger partial charge < -0.3 is 24.1 Å². The van der Waals surface area contributed by atoms with Crippen molar-refractivity contribution in [2.24, 2.45) is 0 Å². The van der Waals surface area contributed by atoms with Crippen molar-refractivity contribution in [2.75, 3.05) is 0 Å². The SMILES string of the molecule is CCCC[C@H](NC(=O)CCc1c(C)c2cc3c4c(oc3c(C)c2oc1=O)CCCC4)C(=O)[O-]. The van der Waals surface area contributed by atoms with E-state index in [1.807, 2.05) is 26.8 Å². The number of fused-ring (bicyclic) bond motifs is 4. The number of rotatable bonds is 8. The van der Waals surface area contributed by atoms with Gasteiger partial charge >= 0.3 is 5.63 Å². The van der Waals surface area contributed by atoms with Crippen molar-refractivity contribution in [3.63, 3.8) is 0 Å². The first-order valence-corrected chi connectivity index (χ1v) is 11.8. The van der Waals surface area contributed by atoms with E-state index in [9.17, 15) is 19.5 Å². The van der Waals surface area contributed by atoms with Crippen molar-refractivity contribution in [1.82, 2.24) is 5.32 Å². The zero-order valence-corrected chi connectivity index (χ0v) is 19.5. The van der Waals surface area contributed by atoms with Crippen molar-refractivity contribution < 1.29 is 23.5 Å². The van der Waals surface area contributed by atoms with Crippen LogP contribution in [0.2, 0.25) is 0 Å². The molecular weight excluding hydrogens is 422 g/mol. The molecule has 0 bridgehead atoms. The summed E-state index contributed by atoms with van der Waals surface area (Å²) >= 11 is 0. The summed E-state index contributed by atoms with van der Waals surface area (Å²) in [6, 6.07) is 1.03. The summed E-state index contributed by atoms with van der Waals surface area (Å²) < 4.78 is 11.8. The third-order valence-electron chi connectivity index (χ3n) is 6.79. The highest BCUT2D eigenvalue weighted by Crippen LogP contribution is 2.37. The fourth-order valence-corrected chi connectivity index (χ4v) is 4.87. The summed E-state index contributed by atoms with van der Waals surface area (Å²) in [6.45, 7) is 5.73. The molecule has 1 aliphatic rings. The van der Waals surface area contributed by atoms with Crippen LogP contribution < -0.4 is 16.0 Å². The maximum Gasteiger partial charge on any atom is 0.339 e. The van der Waals surface area contributed by atoms with E-state index in [0.717, 1.165) is 65.3 Å². The lowest BCUT2D eigenvalue weighted by molar-refractivity contribution is -0.308. The van der Waals surface area contributed by atoms with Crippen LogP contribution in [0.4, 0.5) is 0 Å². The molecule has 0 unspecified atom stereocenters. The van der Waals surface area contributed by atoms with E-state index in [0.29, 0.717) is 24.0 Å². The normalized spacial score (nSPS) is 14.4. The molecule has 7 nitrogen and oxygen atoms in total. The molecule has 0 saturated heterocycles. The fraction of sp³-hybridized carbons (Fsp3) is 0.500. The van der Waals surface area contributed by atoms with Gasteiger partial charge in [-0.15, -0.1) is 0 Å². The average Bonchev–Trinajstić information content (AvgIpc) is 3.16. The number of carboxylic acid groups (broad SMARTS) is 1. The van der Waals surface area contributed by atoms with Crippen molar-refractivity contribution in [2.45, 2.75) is 84.6 Å². The Labute approximate surface area is 192 Å². The lowest BCUT2D eigenvalue weighted by atomic mass is 9.93. The van der Waals surface area contributed by atoms with E-state index in [1.165, 1.54) is 5.56 Å². The van der Waals surface area contributed by atoms with Gasteiger partial charge in [0.25, 0.3) is 0 Å². The number of hydrogen-bond donors (Lipinski definition) is 1. The third-order valence-corrected chi connectivity index (χ3v) is 6.79. The first-order valence-electron chi connectivity index (χ1n) is 11.8. The molecule has 1 aliphatic carbocycles. The van der Waals surface area contributed by atoms with Crippen LogP contribution in [-0.4, -0.2) is 17.9 Å². The molecule has 0 aliphatic heterocycles. The van der Waals surface area contributed by atoms with Gasteiger partial charge in [-0.1, -0.05) is 19.8 Å². The van der Waals surface area contributed by atoms with Crippen LogP contribution in [0.15, 0.2) is 19.7 Å². The molecule has 0 spiro atoms. The second-order valence-corrected chi connectivity index (χ2v) is 9.04. The molecule has 1 atom stereocenters. The Hall–Kier alpha value is -3.09. The standard InChI is InChI=1S/C26H31NO6/c1-4-5-9-20(25(29)30)27-22(28)12-11-16-14(2)18-13-19-17-8-6-7-10-21(17)32-24(19)15(3)23(18)33-26(16)31/h13,20H,4-12H2,1-3H3,(H,27,28)(H,29,30)/p-1/t20-/m0/s1. The van der Waals surface area contributed by atoms with Gasteiger partial charge in [0.05, 0.1) is 12.0 Å².